The summed E-state index contributed by atoms with van der Waals surface area (Å²) >= 11 is 0. The number of aromatic nitrogens is 1. The largest absolute Gasteiger partial charge is 0.360 e. The minimum Gasteiger partial charge on any atom is -0.360 e. The number of nitrogens with one attached hydrogen (secondary N) is 3. The van der Waals surface area contributed by atoms with Gasteiger partial charge in [0, 0.05) is 23.2 Å². The van der Waals surface area contributed by atoms with E-state index < -0.39 is 40.0 Å². The molecule has 1 aromatic heterocycles. The Bertz CT molecular complexity index is 1190. The molecule has 0 radical (unpaired) electrons. The molecular formula is C22H22F2N4O3. The molecule has 0 aliphatic carbocycles. The number of rotatable bonds is 6. The standard InChI is InChI=1S/C22H22F2N4O3/c1-11-5-6-25-10-15(11)26-16-17(19(30)18(16)29)27-21(22(2,3)4)28-20(31)12-7-13(23)9-14(24)8-12/h5-10,21,26-27H,1-4H3,(H,28,31). The number of carbonyl (C=O) groups is 1. The van der Waals surface area contributed by atoms with Crippen LogP contribution in [0.15, 0.2) is 46.2 Å². The van der Waals surface area contributed by atoms with Crippen LogP contribution in [0.3, 0.4) is 0 Å². The third kappa shape index (κ3) is 4.76. The monoisotopic (exact) mass is 428 g/mol. The summed E-state index contributed by atoms with van der Waals surface area (Å²) in [5.74, 6) is -2.50. The molecule has 0 fully saturated rings. The van der Waals surface area contributed by atoms with Crippen LogP contribution in [0.1, 0.15) is 36.7 Å². The van der Waals surface area contributed by atoms with Crippen molar-refractivity contribution in [2.45, 2.75) is 33.9 Å². The molecule has 3 aromatic rings. The number of hydrogen-bond donors (Lipinski definition) is 3. The van der Waals surface area contributed by atoms with E-state index in [4.69, 9.17) is 0 Å². The second-order valence-corrected chi connectivity index (χ2v) is 8.30. The zero-order valence-corrected chi connectivity index (χ0v) is 17.5. The van der Waals surface area contributed by atoms with Crippen LogP contribution in [0, 0.1) is 24.0 Å². The number of benzene rings is 1. The third-order valence-corrected chi connectivity index (χ3v) is 4.76. The Kier molecular flexibility index (Phi) is 5.88. The molecule has 0 spiro atoms. The average Bonchev–Trinajstić information content (AvgIpc) is 2.68. The van der Waals surface area contributed by atoms with Crippen molar-refractivity contribution in [1.29, 1.82) is 0 Å². The van der Waals surface area contributed by atoms with E-state index in [0.717, 1.165) is 17.7 Å². The maximum Gasteiger partial charge on any atom is 0.253 e. The highest BCUT2D eigenvalue weighted by Gasteiger charge is 2.31. The Morgan fingerprint density at radius 3 is 2.23 bits per heavy atom. The number of aryl methyl sites for hydroxylation is 1. The van der Waals surface area contributed by atoms with Crippen LogP contribution >= 0.6 is 0 Å². The van der Waals surface area contributed by atoms with E-state index in [1.54, 1.807) is 33.0 Å². The second-order valence-electron chi connectivity index (χ2n) is 8.30. The number of pyridine rings is 1. The van der Waals surface area contributed by atoms with Crippen molar-refractivity contribution in [3.05, 3.63) is 79.9 Å². The molecule has 3 rings (SSSR count). The molecule has 1 unspecified atom stereocenters. The number of anilines is 3. The van der Waals surface area contributed by atoms with Crippen LogP contribution in [0.4, 0.5) is 25.8 Å². The molecule has 7 nitrogen and oxygen atoms in total. The highest BCUT2D eigenvalue weighted by molar-refractivity contribution is 5.94. The number of carbonyl (C=O) groups excluding carboxylic acids is 1. The molecule has 1 heterocycles. The fourth-order valence-corrected chi connectivity index (χ4v) is 2.89. The summed E-state index contributed by atoms with van der Waals surface area (Å²) in [6.45, 7) is 7.20. The van der Waals surface area contributed by atoms with E-state index in [1.165, 1.54) is 6.20 Å². The van der Waals surface area contributed by atoms with Crippen molar-refractivity contribution in [2.75, 3.05) is 10.6 Å². The zero-order valence-electron chi connectivity index (χ0n) is 17.5. The van der Waals surface area contributed by atoms with Gasteiger partial charge in [-0.15, -0.1) is 0 Å². The summed E-state index contributed by atoms with van der Waals surface area (Å²) in [6.07, 6.45) is 2.30. The van der Waals surface area contributed by atoms with Gasteiger partial charge in [0.1, 0.15) is 29.2 Å². The molecule has 3 N–H and O–H groups in total. The van der Waals surface area contributed by atoms with Crippen LogP contribution in [-0.2, 0) is 0 Å². The van der Waals surface area contributed by atoms with Gasteiger partial charge in [0.05, 0.1) is 11.9 Å². The third-order valence-electron chi connectivity index (χ3n) is 4.76. The van der Waals surface area contributed by atoms with Crippen LogP contribution in [0.2, 0.25) is 0 Å². The first-order valence-electron chi connectivity index (χ1n) is 9.52. The fourth-order valence-electron chi connectivity index (χ4n) is 2.89. The molecule has 0 saturated heterocycles. The van der Waals surface area contributed by atoms with Gasteiger partial charge in [-0.25, -0.2) is 8.78 Å². The Morgan fingerprint density at radius 1 is 1.03 bits per heavy atom. The van der Waals surface area contributed by atoms with E-state index >= 15 is 0 Å². The maximum atomic E-state index is 13.5. The topological polar surface area (TPSA) is 100 Å². The minimum absolute atomic E-state index is 0.0129. The van der Waals surface area contributed by atoms with Gasteiger partial charge < -0.3 is 16.0 Å². The van der Waals surface area contributed by atoms with Gasteiger partial charge in [-0.3, -0.25) is 19.4 Å². The van der Waals surface area contributed by atoms with Gasteiger partial charge >= 0.3 is 0 Å². The molecule has 1 amide bonds. The Balaban J connectivity index is 1.87. The minimum atomic E-state index is -0.883. The van der Waals surface area contributed by atoms with Gasteiger partial charge in [-0.2, -0.15) is 0 Å². The predicted molar refractivity (Wildman–Crippen MR) is 114 cm³/mol. The molecule has 2 aromatic carbocycles. The summed E-state index contributed by atoms with van der Waals surface area (Å²) in [7, 11) is 0. The van der Waals surface area contributed by atoms with Crippen molar-refractivity contribution in [2.24, 2.45) is 5.41 Å². The van der Waals surface area contributed by atoms with Crippen molar-refractivity contribution < 1.29 is 13.6 Å². The van der Waals surface area contributed by atoms with Crippen molar-refractivity contribution >= 4 is 23.0 Å². The molecule has 31 heavy (non-hydrogen) atoms. The second kappa shape index (κ2) is 8.25. The molecule has 1 atom stereocenters. The first-order chi connectivity index (χ1) is 14.5. The van der Waals surface area contributed by atoms with Gasteiger partial charge in [0.15, 0.2) is 0 Å². The lowest BCUT2D eigenvalue weighted by Gasteiger charge is -2.33. The molecule has 0 aliphatic heterocycles. The Hall–Kier alpha value is -3.62. The molecule has 162 valence electrons. The lowest BCUT2D eigenvalue weighted by Crippen LogP contribution is -2.51. The van der Waals surface area contributed by atoms with E-state index in [9.17, 15) is 23.2 Å². The smallest absolute Gasteiger partial charge is 0.253 e. The van der Waals surface area contributed by atoms with Crippen molar-refractivity contribution in [3.63, 3.8) is 0 Å². The van der Waals surface area contributed by atoms with Gasteiger partial charge in [0.2, 0.25) is 0 Å². The summed E-state index contributed by atoms with van der Waals surface area (Å²) in [5, 5.41) is 8.44. The predicted octanol–water partition coefficient (Wildman–Crippen LogP) is 3.22. The quantitative estimate of drug-likeness (QED) is 0.412. The van der Waals surface area contributed by atoms with Crippen LogP contribution in [0.5, 0.6) is 0 Å². The van der Waals surface area contributed by atoms with E-state index in [0.29, 0.717) is 11.8 Å². The molecule has 0 saturated carbocycles. The first kappa shape index (κ1) is 22.1. The first-order valence-corrected chi connectivity index (χ1v) is 9.52. The Morgan fingerprint density at radius 2 is 1.65 bits per heavy atom. The van der Waals surface area contributed by atoms with Crippen molar-refractivity contribution in [1.82, 2.24) is 10.3 Å². The summed E-state index contributed by atoms with van der Waals surface area (Å²) in [5.41, 5.74) is -0.806. The number of hydrogen-bond acceptors (Lipinski definition) is 6. The molecule has 9 heteroatoms. The zero-order chi connectivity index (χ0) is 22.9. The molecule has 0 bridgehead atoms. The van der Waals surface area contributed by atoms with Gasteiger partial charge in [-0.1, -0.05) is 20.8 Å². The van der Waals surface area contributed by atoms with Gasteiger partial charge in [-0.05, 0) is 30.7 Å². The van der Waals surface area contributed by atoms with Crippen molar-refractivity contribution in [3.8, 4) is 0 Å². The molecule has 0 aliphatic rings. The maximum absolute atomic E-state index is 13.5. The highest BCUT2D eigenvalue weighted by atomic mass is 19.1. The molecular weight excluding hydrogens is 406 g/mol. The van der Waals surface area contributed by atoms with E-state index in [1.807, 2.05) is 6.92 Å². The normalized spacial score (nSPS) is 12.5. The van der Waals surface area contributed by atoms with Crippen LogP contribution < -0.4 is 26.8 Å². The van der Waals surface area contributed by atoms with E-state index in [2.05, 4.69) is 20.9 Å². The lowest BCUT2D eigenvalue weighted by atomic mass is 9.91. The highest BCUT2D eigenvalue weighted by Crippen LogP contribution is 2.27. The average molecular weight is 428 g/mol. The summed E-state index contributed by atoms with van der Waals surface area (Å²) in [4.78, 5) is 40.9. The van der Waals surface area contributed by atoms with Gasteiger partial charge in [0.25, 0.3) is 16.8 Å². The Labute approximate surface area is 177 Å². The van der Waals surface area contributed by atoms with Crippen LogP contribution in [-0.4, -0.2) is 17.1 Å². The van der Waals surface area contributed by atoms with E-state index in [-0.39, 0.29) is 16.9 Å². The number of halogens is 2. The lowest BCUT2D eigenvalue weighted by molar-refractivity contribution is 0.0912. The summed E-state index contributed by atoms with van der Waals surface area (Å²) in [6, 6.07) is 4.23. The van der Waals surface area contributed by atoms with Crippen LogP contribution in [0.25, 0.3) is 0 Å². The summed E-state index contributed by atoms with van der Waals surface area (Å²) < 4.78 is 27.0. The number of amides is 1. The SMILES string of the molecule is Cc1ccncc1Nc1c(NC(NC(=O)c2cc(F)cc(F)c2)C(C)(C)C)c(=O)c1=O. The fraction of sp³-hybridized carbons (Fsp3) is 0.273. The number of nitrogens with zero attached hydrogens (tertiary/aromatic N) is 1.